The van der Waals surface area contributed by atoms with Crippen molar-refractivity contribution in [1.82, 2.24) is 10.3 Å². The van der Waals surface area contributed by atoms with Crippen LogP contribution in [0, 0.1) is 6.92 Å². The fourth-order valence-electron chi connectivity index (χ4n) is 1.59. The van der Waals surface area contributed by atoms with E-state index < -0.39 is 12.6 Å². The molecule has 0 bridgehead atoms. The number of rotatable bonds is 4. The lowest BCUT2D eigenvalue weighted by Crippen LogP contribution is -2.21. The van der Waals surface area contributed by atoms with E-state index in [1.54, 1.807) is 19.3 Å². The lowest BCUT2D eigenvalue weighted by molar-refractivity contribution is -0.136. The summed E-state index contributed by atoms with van der Waals surface area (Å²) in [6.07, 6.45) is -3.30. The van der Waals surface area contributed by atoms with Crippen LogP contribution < -0.4 is 5.32 Å². The molecule has 1 rings (SSSR count). The molecule has 0 saturated carbocycles. The molecular weight excluding hydrogens is 217 g/mol. The first-order valence-electron chi connectivity index (χ1n) is 5.09. The highest BCUT2D eigenvalue weighted by Gasteiger charge is 2.28. The second-order valence-corrected chi connectivity index (χ2v) is 3.70. The number of hydrogen-bond acceptors (Lipinski definition) is 2. The molecule has 16 heavy (non-hydrogen) atoms. The van der Waals surface area contributed by atoms with Crippen LogP contribution >= 0.6 is 0 Å². The molecule has 1 atom stereocenters. The van der Waals surface area contributed by atoms with Crippen molar-refractivity contribution in [3.63, 3.8) is 0 Å². The van der Waals surface area contributed by atoms with Gasteiger partial charge in [-0.15, -0.1) is 0 Å². The largest absolute Gasteiger partial charge is 0.389 e. The molecule has 0 aliphatic rings. The number of aryl methyl sites for hydroxylation is 1. The van der Waals surface area contributed by atoms with Gasteiger partial charge >= 0.3 is 6.18 Å². The average Bonchev–Trinajstić information content (AvgIpc) is 2.20. The van der Waals surface area contributed by atoms with E-state index in [4.69, 9.17) is 0 Å². The Kier molecular flexibility index (Phi) is 4.29. The van der Waals surface area contributed by atoms with Gasteiger partial charge in [0.2, 0.25) is 0 Å². The molecule has 1 N–H and O–H groups in total. The van der Waals surface area contributed by atoms with Crippen molar-refractivity contribution in [2.75, 3.05) is 7.05 Å². The number of aromatic nitrogens is 1. The molecule has 1 aromatic rings. The maximum Gasteiger partial charge on any atom is 0.389 e. The van der Waals surface area contributed by atoms with Crippen LogP contribution in [0.3, 0.4) is 0 Å². The van der Waals surface area contributed by atoms with Crippen molar-refractivity contribution in [3.8, 4) is 0 Å². The third-order valence-corrected chi connectivity index (χ3v) is 2.44. The van der Waals surface area contributed by atoms with E-state index in [0.717, 1.165) is 5.56 Å². The van der Waals surface area contributed by atoms with Crippen molar-refractivity contribution in [1.29, 1.82) is 0 Å². The zero-order chi connectivity index (χ0) is 12.2. The van der Waals surface area contributed by atoms with Crippen molar-refractivity contribution in [3.05, 3.63) is 29.6 Å². The van der Waals surface area contributed by atoms with E-state index in [0.29, 0.717) is 5.69 Å². The molecule has 0 amide bonds. The van der Waals surface area contributed by atoms with Crippen molar-refractivity contribution < 1.29 is 13.2 Å². The lowest BCUT2D eigenvalue weighted by atomic mass is 10.0. The molecule has 0 radical (unpaired) electrons. The standard InChI is InChI=1S/C11H15F3N2/c1-8-4-3-7-16-10(8)9(15-2)5-6-11(12,13)14/h3-4,7,9,15H,5-6H2,1-2H3. The molecule has 0 fully saturated rings. The minimum atomic E-state index is -4.11. The molecule has 1 unspecified atom stereocenters. The first-order valence-corrected chi connectivity index (χ1v) is 5.09. The number of alkyl halides is 3. The van der Waals surface area contributed by atoms with Gasteiger partial charge in [0, 0.05) is 18.7 Å². The van der Waals surface area contributed by atoms with E-state index in [1.807, 2.05) is 13.0 Å². The highest BCUT2D eigenvalue weighted by atomic mass is 19.4. The molecule has 0 spiro atoms. The number of pyridine rings is 1. The van der Waals surface area contributed by atoms with Crippen LogP contribution in [0.25, 0.3) is 0 Å². The molecule has 2 nitrogen and oxygen atoms in total. The summed E-state index contributed by atoms with van der Waals surface area (Å²) < 4.78 is 36.4. The average molecular weight is 232 g/mol. The fourth-order valence-corrected chi connectivity index (χ4v) is 1.59. The summed E-state index contributed by atoms with van der Waals surface area (Å²) in [5.41, 5.74) is 1.60. The highest BCUT2D eigenvalue weighted by Crippen LogP contribution is 2.27. The molecule has 5 heteroatoms. The summed E-state index contributed by atoms with van der Waals surface area (Å²) in [6, 6.07) is 3.28. The summed E-state index contributed by atoms with van der Waals surface area (Å²) in [5, 5.41) is 2.87. The Labute approximate surface area is 92.9 Å². The second kappa shape index (κ2) is 5.30. The van der Waals surface area contributed by atoms with Gasteiger partial charge in [-0.1, -0.05) is 6.07 Å². The van der Waals surface area contributed by atoms with Gasteiger partial charge in [0.1, 0.15) is 0 Å². The number of nitrogens with one attached hydrogen (secondary N) is 1. The molecule has 0 aliphatic carbocycles. The van der Waals surface area contributed by atoms with Crippen LogP contribution in [-0.4, -0.2) is 18.2 Å². The summed E-state index contributed by atoms with van der Waals surface area (Å²) in [7, 11) is 1.65. The van der Waals surface area contributed by atoms with Gasteiger partial charge in [0.15, 0.2) is 0 Å². The molecule has 1 heterocycles. The topological polar surface area (TPSA) is 24.9 Å². The third kappa shape index (κ3) is 3.81. The van der Waals surface area contributed by atoms with E-state index in [-0.39, 0.29) is 12.5 Å². The van der Waals surface area contributed by atoms with E-state index >= 15 is 0 Å². The van der Waals surface area contributed by atoms with Crippen LogP contribution in [0.2, 0.25) is 0 Å². The molecular formula is C11H15F3N2. The predicted octanol–water partition coefficient (Wildman–Crippen LogP) is 2.99. The third-order valence-electron chi connectivity index (χ3n) is 2.44. The summed E-state index contributed by atoms with van der Waals surface area (Å²) in [5.74, 6) is 0. The van der Waals surface area contributed by atoms with Crippen LogP contribution in [0.15, 0.2) is 18.3 Å². The van der Waals surface area contributed by atoms with Gasteiger partial charge in [-0.05, 0) is 32.0 Å². The van der Waals surface area contributed by atoms with Crippen LogP contribution in [0.4, 0.5) is 13.2 Å². The normalized spacial score (nSPS) is 13.8. The van der Waals surface area contributed by atoms with Crippen LogP contribution in [-0.2, 0) is 0 Å². The fraction of sp³-hybridized carbons (Fsp3) is 0.545. The van der Waals surface area contributed by atoms with E-state index in [1.165, 1.54) is 0 Å². The van der Waals surface area contributed by atoms with Gasteiger partial charge in [-0.3, -0.25) is 4.98 Å². The maximum atomic E-state index is 12.1. The van der Waals surface area contributed by atoms with Gasteiger partial charge in [-0.2, -0.15) is 13.2 Å². The first kappa shape index (κ1) is 13.0. The minimum absolute atomic E-state index is 0.0118. The Hall–Kier alpha value is -1.10. The number of nitrogens with zero attached hydrogens (tertiary/aromatic N) is 1. The summed E-state index contributed by atoms with van der Waals surface area (Å²) in [6.45, 7) is 1.85. The first-order chi connectivity index (χ1) is 7.44. The van der Waals surface area contributed by atoms with Crippen molar-refractivity contribution >= 4 is 0 Å². The Bertz CT molecular complexity index is 336. The van der Waals surface area contributed by atoms with Gasteiger partial charge in [0.05, 0.1) is 5.69 Å². The number of hydrogen-bond donors (Lipinski definition) is 1. The summed E-state index contributed by atoms with van der Waals surface area (Å²) in [4.78, 5) is 4.12. The van der Waals surface area contributed by atoms with Crippen LogP contribution in [0.5, 0.6) is 0 Å². The number of halogens is 3. The van der Waals surface area contributed by atoms with Gasteiger partial charge < -0.3 is 5.32 Å². The zero-order valence-electron chi connectivity index (χ0n) is 9.30. The highest BCUT2D eigenvalue weighted by molar-refractivity contribution is 5.20. The zero-order valence-corrected chi connectivity index (χ0v) is 9.30. The molecule has 0 aliphatic heterocycles. The second-order valence-electron chi connectivity index (χ2n) is 3.70. The van der Waals surface area contributed by atoms with E-state index in [2.05, 4.69) is 10.3 Å². The predicted molar refractivity (Wildman–Crippen MR) is 56.1 cm³/mol. The quantitative estimate of drug-likeness (QED) is 0.863. The van der Waals surface area contributed by atoms with Gasteiger partial charge in [0.25, 0.3) is 0 Å². The molecule has 1 aromatic heterocycles. The monoisotopic (exact) mass is 232 g/mol. The lowest BCUT2D eigenvalue weighted by Gasteiger charge is -2.18. The van der Waals surface area contributed by atoms with Crippen LogP contribution in [0.1, 0.15) is 30.1 Å². The minimum Gasteiger partial charge on any atom is -0.312 e. The van der Waals surface area contributed by atoms with E-state index in [9.17, 15) is 13.2 Å². The Morgan fingerprint density at radius 2 is 2.12 bits per heavy atom. The smallest absolute Gasteiger partial charge is 0.312 e. The van der Waals surface area contributed by atoms with Crippen molar-refractivity contribution in [2.24, 2.45) is 0 Å². The Morgan fingerprint density at radius 1 is 1.44 bits per heavy atom. The van der Waals surface area contributed by atoms with Crippen molar-refractivity contribution in [2.45, 2.75) is 32.0 Å². The Morgan fingerprint density at radius 3 is 2.62 bits per heavy atom. The SMILES string of the molecule is CNC(CCC(F)(F)F)c1ncccc1C. The Balaban J connectivity index is 2.72. The molecule has 0 saturated heterocycles. The van der Waals surface area contributed by atoms with Gasteiger partial charge in [-0.25, -0.2) is 0 Å². The molecule has 0 aromatic carbocycles. The molecule has 90 valence electrons. The maximum absolute atomic E-state index is 12.1. The summed E-state index contributed by atoms with van der Waals surface area (Å²) >= 11 is 0.